The first-order chi connectivity index (χ1) is 9.47. The zero-order valence-electron chi connectivity index (χ0n) is 13.0. The van der Waals surface area contributed by atoms with Gasteiger partial charge in [0.05, 0.1) is 7.11 Å². The van der Waals surface area contributed by atoms with Crippen LogP contribution in [0, 0.1) is 11.3 Å². The van der Waals surface area contributed by atoms with E-state index < -0.39 is 0 Å². The second-order valence-electron chi connectivity index (χ2n) is 6.52. The van der Waals surface area contributed by atoms with Gasteiger partial charge < -0.3 is 10.1 Å². The van der Waals surface area contributed by atoms with Crippen molar-refractivity contribution in [3.8, 4) is 5.75 Å². The maximum absolute atomic E-state index is 6.14. The van der Waals surface area contributed by atoms with E-state index >= 15 is 0 Å². The van der Waals surface area contributed by atoms with Gasteiger partial charge in [0.2, 0.25) is 0 Å². The largest absolute Gasteiger partial charge is 0.496 e. The van der Waals surface area contributed by atoms with Gasteiger partial charge in [0, 0.05) is 11.1 Å². The van der Waals surface area contributed by atoms with Gasteiger partial charge in [-0.1, -0.05) is 32.4 Å². The molecule has 0 spiro atoms. The monoisotopic (exact) mass is 295 g/mol. The third-order valence-corrected chi connectivity index (χ3v) is 4.65. The lowest BCUT2D eigenvalue weighted by Crippen LogP contribution is -2.35. The lowest BCUT2D eigenvalue weighted by atomic mass is 9.96. The maximum Gasteiger partial charge on any atom is 0.122 e. The summed E-state index contributed by atoms with van der Waals surface area (Å²) >= 11 is 6.14. The number of nitrogens with one attached hydrogen (secondary N) is 1. The Morgan fingerprint density at radius 3 is 2.70 bits per heavy atom. The Morgan fingerprint density at radius 2 is 2.15 bits per heavy atom. The lowest BCUT2D eigenvalue weighted by Gasteiger charge is -2.21. The summed E-state index contributed by atoms with van der Waals surface area (Å²) in [7, 11) is 1.72. The average molecular weight is 296 g/mol. The molecule has 0 radical (unpaired) electrons. The number of methoxy groups -OCH3 is 1. The number of rotatable bonds is 7. The fourth-order valence-corrected chi connectivity index (χ4v) is 3.22. The van der Waals surface area contributed by atoms with Crippen molar-refractivity contribution >= 4 is 11.6 Å². The smallest absolute Gasteiger partial charge is 0.122 e. The molecule has 1 N–H and O–H groups in total. The van der Waals surface area contributed by atoms with Crippen LogP contribution < -0.4 is 10.1 Å². The summed E-state index contributed by atoms with van der Waals surface area (Å²) in [5.74, 6) is 1.69. The van der Waals surface area contributed by atoms with Crippen LogP contribution in [-0.2, 0) is 6.42 Å². The van der Waals surface area contributed by atoms with Crippen molar-refractivity contribution in [1.82, 2.24) is 5.32 Å². The minimum absolute atomic E-state index is 0.469. The first-order valence-electron chi connectivity index (χ1n) is 7.53. The van der Waals surface area contributed by atoms with Crippen LogP contribution in [0.2, 0.25) is 5.02 Å². The summed E-state index contributed by atoms with van der Waals surface area (Å²) in [6.07, 6.45) is 3.45. The molecule has 0 aromatic heterocycles. The maximum atomic E-state index is 6.14. The Bertz CT molecular complexity index is 458. The van der Waals surface area contributed by atoms with E-state index in [1.54, 1.807) is 7.11 Å². The number of halogens is 1. The van der Waals surface area contributed by atoms with Crippen molar-refractivity contribution in [2.24, 2.45) is 11.3 Å². The van der Waals surface area contributed by atoms with Crippen molar-refractivity contribution < 1.29 is 4.74 Å². The van der Waals surface area contributed by atoms with E-state index in [0.29, 0.717) is 11.5 Å². The first-order valence-corrected chi connectivity index (χ1v) is 7.91. The predicted molar refractivity (Wildman–Crippen MR) is 85.7 cm³/mol. The van der Waals surface area contributed by atoms with Gasteiger partial charge in [-0.3, -0.25) is 0 Å². The minimum Gasteiger partial charge on any atom is -0.496 e. The fraction of sp³-hybridized carbons (Fsp3) is 0.647. The van der Waals surface area contributed by atoms with Gasteiger partial charge in [0.15, 0.2) is 0 Å². The molecular weight excluding hydrogens is 270 g/mol. The molecule has 1 aliphatic carbocycles. The van der Waals surface area contributed by atoms with Crippen molar-refractivity contribution in [1.29, 1.82) is 0 Å². The molecule has 0 amide bonds. The van der Waals surface area contributed by atoms with E-state index in [1.165, 1.54) is 12.0 Å². The van der Waals surface area contributed by atoms with Gasteiger partial charge in [-0.25, -0.2) is 0 Å². The predicted octanol–water partition coefficient (Wildman–Crippen LogP) is 4.31. The van der Waals surface area contributed by atoms with Crippen LogP contribution in [0.3, 0.4) is 0 Å². The van der Waals surface area contributed by atoms with Crippen molar-refractivity contribution in [3.63, 3.8) is 0 Å². The van der Waals surface area contributed by atoms with E-state index in [4.69, 9.17) is 16.3 Å². The summed E-state index contributed by atoms with van der Waals surface area (Å²) in [6, 6.07) is 6.40. The molecule has 20 heavy (non-hydrogen) atoms. The summed E-state index contributed by atoms with van der Waals surface area (Å²) in [5.41, 5.74) is 1.67. The van der Waals surface area contributed by atoms with Gasteiger partial charge >= 0.3 is 0 Å². The van der Waals surface area contributed by atoms with Gasteiger partial charge in [0.25, 0.3) is 0 Å². The van der Waals surface area contributed by atoms with Crippen LogP contribution in [0.4, 0.5) is 0 Å². The topological polar surface area (TPSA) is 21.3 Å². The van der Waals surface area contributed by atoms with Crippen LogP contribution >= 0.6 is 11.6 Å². The number of hydrogen-bond donors (Lipinski definition) is 1. The summed E-state index contributed by atoms with van der Waals surface area (Å²) in [6.45, 7) is 7.99. The number of hydrogen-bond acceptors (Lipinski definition) is 2. The van der Waals surface area contributed by atoms with Crippen LogP contribution in [0.25, 0.3) is 0 Å². The van der Waals surface area contributed by atoms with E-state index in [-0.39, 0.29) is 0 Å². The van der Waals surface area contributed by atoms with Crippen LogP contribution in [-0.4, -0.2) is 19.7 Å². The Balaban J connectivity index is 2.13. The molecule has 2 atom stereocenters. The van der Waals surface area contributed by atoms with Crippen LogP contribution in [0.1, 0.15) is 39.2 Å². The Hall–Kier alpha value is -0.730. The standard InChI is InChI=1S/C17H26ClNO/c1-5-8-19-15(14-11-17(14,2)3)10-12-9-13(18)6-7-16(12)20-4/h6-7,9,14-15,19H,5,8,10-11H2,1-4H3. The van der Waals surface area contributed by atoms with Crippen molar-refractivity contribution in [2.75, 3.05) is 13.7 Å². The highest BCUT2D eigenvalue weighted by atomic mass is 35.5. The zero-order chi connectivity index (χ0) is 14.8. The van der Waals surface area contributed by atoms with E-state index in [1.807, 2.05) is 18.2 Å². The molecule has 2 nitrogen and oxygen atoms in total. The van der Waals surface area contributed by atoms with Gasteiger partial charge in [-0.2, -0.15) is 0 Å². The van der Waals surface area contributed by atoms with Crippen LogP contribution in [0.15, 0.2) is 18.2 Å². The van der Waals surface area contributed by atoms with E-state index in [9.17, 15) is 0 Å². The van der Waals surface area contributed by atoms with Gasteiger partial charge in [-0.15, -0.1) is 0 Å². The normalized spacial score (nSPS) is 21.6. The third kappa shape index (κ3) is 3.67. The molecule has 2 unspecified atom stereocenters. The molecule has 0 saturated heterocycles. The fourth-order valence-electron chi connectivity index (χ4n) is 3.02. The number of ether oxygens (including phenoxy) is 1. The molecule has 0 aliphatic heterocycles. The molecule has 1 aromatic rings. The van der Waals surface area contributed by atoms with Gasteiger partial charge in [-0.05, 0) is 60.9 Å². The molecule has 1 saturated carbocycles. The molecule has 2 rings (SSSR count). The second kappa shape index (κ2) is 6.36. The summed E-state index contributed by atoms with van der Waals surface area (Å²) in [4.78, 5) is 0. The Labute approximate surface area is 127 Å². The third-order valence-electron chi connectivity index (χ3n) is 4.41. The molecule has 0 bridgehead atoms. The number of benzene rings is 1. The van der Waals surface area contributed by atoms with Crippen LogP contribution in [0.5, 0.6) is 5.75 Å². The molecule has 0 heterocycles. The molecular formula is C17H26ClNO. The van der Waals surface area contributed by atoms with Crippen molar-refractivity contribution in [2.45, 2.75) is 46.1 Å². The van der Waals surface area contributed by atoms with Gasteiger partial charge in [0.1, 0.15) is 5.75 Å². The summed E-state index contributed by atoms with van der Waals surface area (Å²) < 4.78 is 5.47. The van der Waals surface area contributed by atoms with E-state index in [2.05, 4.69) is 26.1 Å². The molecule has 3 heteroatoms. The minimum atomic E-state index is 0.469. The lowest BCUT2D eigenvalue weighted by molar-refractivity contribution is 0.383. The first kappa shape index (κ1) is 15.7. The SMILES string of the molecule is CCCNC(Cc1cc(Cl)ccc1OC)C1CC1(C)C. The summed E-state index contributed by atoms with van der Waals surface area (Å²) in [5, 5.41) is 4.49. The highest BCUT2D eigenvalue weighted by molar-refractivity contribution is 6.30. The average Bonchev–Trinajstić information content (AvgIpc) is 3.03. The highest BCUT2D eigenvalue weighted by Gasteiger charge is 2.49. The Morgan fingerprint density at radius 1 is 1.45 bits per heavy atom. The quantitative estimate of drug-likeness (QED) is 0.809. The molecule has 1 aromatic carbocycles. The zero-order valence-corrected chi connectivity index (χ0v) is 13.8. The molecule has 112 valence electrons. The molecule has 1 aliphatic rings. The Kier molecular flexibility index (Phi) is 4.98. The highest BCUT2D eigenvalue weighted by Crippen LogP contribution is 2.54. The van der Waals surface area contributed by atoms with E-state index in [0.717, 1.165) is 36.1 Å². The second-order valence-corrected chi connectivity index (χ2v) is 6.96. The van der Waals surface area contributed by atoms with Crippen molar-refractivity contribution in [3.05, 3.63) is 28.8 Å². The molecule has 1 fully saturated rings.